The Hall–Kier alpha value is -2.32. The Balaban J connectivity index is 1.59. The fraction of sp³-hybridized carbons (Fsp3) is 0.545. The van der Waals surface area contributed by atoms with Gasteiger partial charge in [-0.05, 0) is 50.1 Å². The van der Waals surface area contributed by atoms with Crippen LogP contribution in [-0.2, 0) is 11.2 Å². The molecule has 3 aliphatic heterocycles. The molecule has 5 rings (SSSR count). The first-order chi connectivity index (χ1) is 14.4. The topological polar surface area (TPSA) is 70.5 Å². The molecule has 0 amide bonds. The van der Waals surface area contributed by atoms with E-state index in [0.717, 1.165) is 24.0 Å². The lowest BCUT2D eigenvalue weighted by Crippen LogP contribution is -2.45. The summed E-state index contributed by atoms with van der Waals surface area (Å²) in [5.74, 6) is -0.0749. The van der Waals surface area contributed by atoms with Crippen molar-refractivity contribution in [3.05, 3.63) is 34.6 Å². The fourth-order valence-corrected chi connectivity index (χ4v) is 5.14. The van der Waals surface area contributed by atoms with Crippen LogP contribution in [0.1, 0.15) is 42.1 Å². The highest BCUT2D eigenvalue weighted by Crippen LogP contribution is 2.47. The molecule has 0 aliphatic carbocycles. The van der Waals surface area contributed by atoms with E-state index in [-0.39, 0.29) is 29.6 Å². The van der Waals surface area contributed by atoms with Gasteiger partial charge in [0.1, 0.15) is 23.4 Å². The minimum atomic E-state index is -0.893. The number of nitrogens with zero attached hydrogens (tertiary/aromatic N) is 3. The van der Waals surface area contributed by atoms with Crippen molar-refractivity contribution >= 4 is 5.82 Å². The molecule has 4 atom stereocenters. The molecule has 1 aromatic carbocycles. The molecule has 30 heavy (non-hydrogen) atoms. The summed E-state index contributed by atoms with van der Waals surface area (Å²) < 4.78 is 35.0. The fourth-order valence-electron chi connectivity index (χ4n) is 5.14. The number of aryl methyl sites for hydroxylation is 1. The monoisotopic (exact) mass is 416 g/mol. The minimum Gasteiger partial charge on any atom is -0.507 e. The normalized spacial score (nSPS) is 28.4. The number of nitrogens with one attached hydrogen (secondary N) is 1. The second-order valence-electron chi connectivity index (χ2n) is 8.85. The molecule has 160 valence electrons. The van der Waals surface area contributed by atoms with E-state index < -0.39 is 12.0 Å². The van der Waals surface area contributed by atoms with Crippen molar-refractivity contribution in [2.45, 2.75) is 57.0 Å². The summed E-state index contributed by atoms with van der Waals surface area (Å²) in [4.78, 5) is 1.96. The van der Waals surface area contributed by atoms with E-state index in [2.05, 4.69) is 15.5 Å². The number of benzene rings is 1. The number of anilines is 1. The van der Waals surface area contributed by atoms with Crippen molar-refractivity contribution < 1.29 is 18.6 Å². The van der Waals surface area contributed by atoms with Gasteiger partial charge in [0, 0.05) is 37.5 Å². The van der Waals surface area contributed by atoms with Crippen LogP contribution in [-0.4, -0.2) is 58.7 Å². The van der Waals surface area contributed by atoms with Crippen LogP contribution in [0.4, 0.5) is 14.6 Å². The van der Waals surface area contributed by atoms with Crippen molar-refractivity contribution in [2.24, 2.45) is 0 Å². The Morgan fingerprint density at radius 2 is 2.07 bits per heavy atom. The molecule has 2 N–H and O–H groups in total. The van der Waals surface area contributed by atoms with Crippen molar-refractivity contribution in [2.75, 3.05) is 25.5 Å². The highest BCUT2D eigenvalue weighted by molar-refractivity contribution is 5.74. The summed E-state index contributed by atoms with van der Waals surface area (Å²) in [7, 11) is 1.90. The quantitative estimate of drug-likeness (QED) is 0.798. The SMILES string of the molecule is Cc1cc(O)c(-c2nnc(N[C@@H]3C[C@@H](F)CN(C)C3)c3c2CC2CCC3O2)c(F)c1. The van der Waals surface area contributed by atoms with Crippen LogP contribution in [0.15, 0.2) is 12.1 Å². The van der Waals surface area contributed by atoms with Gasteiger partial charge in [-0.1, -0.05) is 0 Å². The number of phenols is 1. The average Bonchev–Trinajstić information content (AvgIpc) is 3.02. The summed E-state index contributed by atoms with van der Waals surface area (Å²) in [6, 6.07) is 2.83. The first-order valence-corrected chi connectivity index (χ1v) is 10.5. The number of phenolic OH excluding ortho intramolecular Hbond substituents is 1. The second kappa shape index (κ2) is 7.42. The van der Waals surface area contributed by atoms with E-state index in [1.807, 2.05) is 11.9 Å². The summed E-state index contributed by atoms with van der Waals surface area (Å²) >= 11 is 0. The molecule has 4 heterocycles. The highest BCUT2D eigenvalue weighted by Gasteiger charge is 2.39. The van der Waals surface area contributed by atoms with Crippen molar-refractivity contribution in [3.63, 3.8) is 0 Å². The number of ether oxygens (including phenoxy) is 1. The number of aromatic hydroxyl groups is 1. The van der Waals surface area contributed by atoms with Crippen LogP contribution in [0.3, 0.4) is 0 Å². The smallest absolute Gasteiger partial charge is 0.155 e. The lowest BCUT2D eigenvalue weighted by Gasteiger charge is -2.34. The molecule has 0 radical (unpaired) electrons. The Bertz CT molecular complexity index is 953. The number of halogens is 2. The summed E-state index contributed by atoms with van der Waals surface area (Å²) in [6.07, 6.45) is 1.79. The number of rotatable bonds is 3. The predicted molar refractivity (Wildman–Crippen MR) is 109 cm³/mol. The predicted octanol–water partition coefficient (Wildman–Crippen LogP) is 3.53. The van der Waals surface area contributed by atoms with Gasteiger partial charge >= 0.3 is 0 Å². The number of alkyl halides is 1. The number of hydrogen-bond donors (Lipinski definition) is 2. The van der Waals surface area contributed by atoms with Crippen LogP contribution in [0.2, 0.25) is 0 Å². The maximum atomic E-state index is 14.8. The average molecular weight is 416 g/mol. The zero-order valence-electron chi connectivity index (χ0n) is 17.2. The Morgan fingerprint density at radius 3 is 2.83 bits per heavy atom. The lowest BCUT2D eigenvalue weighted by atomic mass is 9.93. The molecular weight excluding hydrogens is 390 g/mol. The van der Waals surface area contributed by atoms with Gasteiger partial charge in [-0.25, -0.2) is 8.78 Å². The molecule has 2 bridgehead atoms. The van der Waals surface area contributed by atoms with Crippen LogP contribution in [0.5, 0.6) is 5.75 Å². The van der Waals surface area contributed by atoms with Gasteiger partial charge in [0.05, 0.1) is 17.8 Å². The third-order valence-corrected chi connectivity index (χ3v) is 6.35. The van der Waals surface area contributed by atoms with Crippen molar-refractivity contribution in [1.29, 1.82) is 0 Å². The number of likely N-dealkylation sites (tertiary alicyclic amines) is 1. The molecule has 2 fully saturated rings. The Labute approximate surface area is 174 Å². The van der Waals surface area contributed by atoms with E-state index in [1.54, 1.807) is 6.92 Å². The molecule has 0 spiro atoms. The number of likely N-dealkylation sites (N-methyl/N-ethyl adjacent to an activating group) is 1. The van der Waals surface area contributed by atoms with Gasteiger partial charge in [0.2, 0.25) is 0 Å². The molecule has 2 unspecified atom stereocenters. The number of hydrogen-bond acceptors (Lipinski definition) is 6. The highest BCUT2D eigenvalue weighted by atomic mass is 19.1. The van der Waals surface area contributed by atoms with Crippen molar-refractivity contribution in [1.82, 2.24) is 15.1 Å². The van der Waals surface area contributed by atoms with Crippen LogP contribution in [0.25, 0.3) is 11.3 Å². The van der Waals surface area contributed by atoms with E-state index >= 15 is 0 Å². The lowest BCUT2D eigenvalue weighted by molar-refractivity contribution is 0.0325. The number of piperidine rings is 1. The van der Waals surface area contributed by atoms with Gasteiger partial charge in [0.25, 0.3) is 0 Å². The first-order valence-electron chi connectivity index (χ1n) is 10.5. The maximum absolute atomic E-state index is 14.8. The molecular formula is C22H26F2N4O2. The van der Waals surface area contributed by atoms with E-state index in [4.69, 9.17) is 4.74 Å². The second-order valence-corrected chi connectivity index (χ2v) is 8.85. The molecule has 2 aromatic rings. The molecule has 3 aliphatic rings. The third-order valence-electron chi connectivity index (χ3n) is 6.35. The Kier molecular flexibility index (Phi) is 4.86. The first kappa shape index (κ1) is 19.6. The van der Waals surface area contributed by atoms with Crippen LogP contribution < -0.4 is 5.32 Å². The van der Waals surface area contributed by atoms with Gasteiger partial charge in [-0.15, -0.1) is 10.2 Å². The van der Waals surface area contributed by atoms with Crippen molar-refractivity contribution in [3.8, 4) is 17.0 Å². The van der Waals surface area contributed by atoms with Gasteiger partial charge in [0.15, 0.2) is 5.82 Å². The summed E-state index contributed by atoms with van der Waals surface area (Å²) in [5, 5.41) is 22.6. The van der Waals surface area contributed by atoms with Crippen LogP contribution >= 0.6 is 0 Å². The maximum Gasteiger partial charge on any atom is 0.155 e. The third kappa shape index (κ3) is 3.41. The zero-order valence-corrected chi connectivity index (χ0v) is 17.2. The van der Waals surface area contributed by atoms with Gasteiger partial charge in [-0.2, -0.15) is 0 Å². The number of aromatic nitrogens is 2. The van der Waals surface area contributed by atoms with E-state index in [9.17, 15) is 13.9 Å². The van der Waals surface area contributed by atoms with E-state index in [1.165, 1.54) is 12.1 Å². The molecule has 2 saturated heterocycles. The summed E-state index contributed by atoms with van der Waals surface area (Å²) in [5.41, 5.74) is 2.83. The minimum absolute atomic E-state index is 0.0602. The van der Waals surface area contributed by atoms with Crippen LogP contribution in [0, 0.1) is 12.7 Å². The molecule has 8 heteroatoms. The summed E-state index contributed by atoms with van der Waals surface area (Å²) in [6.45, 7) is 2.87. The Morgan fingerprint density at radius 1 is 1.23 bits per heavy atom. The zero-order chi connectivity index (χ0) is 21.0. The van der Waals surface area contributed by atoms with E-state index in [0.29, 0.717) is 43.0 Å². The number of fused-ring (bicyclic) bond motifs is 4. The van der Waals surface area contributed by atoms with Gasteiger partial charge < -0.3 is 20.1 Å². The largest absolute Gasteiger partial charge is 0.507 e. The molecule has 0 saturated carbocycles. The standard InChI is InChI=1S/C22H26F2N4O2/c1-11-5-16(24)20(17(29)6-11)21-15-8-14-3-4-18(30-14)19(15)22(27-26-21)25-13-7-12(23)9-28(2)10-13/h5-6,12-14,18,29H,3-4,7-10H2,1-2H3,(H,25,27)/t12-,13-,14?,18?/m1/s1. The molecule has 1 aromatic heterocycles. The van der Waals surface area contributed by atoms with Gasteiger partial charge in [-0.3, -0.25) is 0 Å². The molecule has 6 nitrogen and oxygen atoms in total.